The van der Waals surface area contributed by atoms with E-state index in [0.29, 0.717) is 24.2 Å². The number of rotatable bonds is 7. The van der Waals surface area contributed by atoms with Crippen LogP contribution < -0.4 is 10.1 Å². The second kappa shape index (κ2) is 7.48. The first-order valence-electron chi connectivity index (χ1n) is 7.19. The smallest absolute Gasteiger partial charge is 0.119 e. The fraction of sp³-hybridized carbons (Fsp3) is 0.438. The molecule has 0 fully saturated rings. The third-order valence-corrected chi connectivity index (χ3v) is 3.46. The highest BCUT2D eigenvalue weighted by Crippen LogP contribution is 2.14. The highest BCUT2D eigenvalue weighted by atomic mass is 35.5. The summed E-state index contributed by atoms with van der Waals surface area (Å²) in [4.78, 5) is 0. The average Bonchev–Trinajstić information content (AvgIpc) is 2.76. The van der Waals surface area contributed by atoms with Gasteiger partial charge in [-0.1, -0.05) is 37.6 Å². The molecule has 1 N–H and O–H groups in total. The first-order chi connectivity index (χ1) is 10.0. The maximum Gasteiger partial charge on any atom is 0.119 e. The summed E-state index contributed by atoms with van der Waals surface area (Å²) in [6.45, 7) is 8.27. The van der Waals surface area contributed by atoms with E-state index in [1.165, 1.54) is 5.56 Å². The van der Waals surface area contributed by atoms with Crippen LogP contribution in [0.25, 0.3) is 0 Å². The van der Waals surface area contributed by atoms with Gasteiger partial charge in [0.2, 0.25) is 0 Å². The highest BCUT2D eigenvalue weighted by Gasteiger charge is 2.02. The maximum atomic E-state index is 5.98. The van der Waals surface area contributed by atoms with Gasteiger partial charge in [-0.15, -0.1) is 0 Å². The Morgan fingerprint density at radius 3 is 2.86 bits per heavy atom. The molecule has 1 aromatic carbocycles. The van der Waals surface area contributed by atoms with Gasteiger partial charge in [0.15, 0.2) is 0 Å². The molecule has 4 nitrogen and oxygen atoms in total. The standard InChI is InChI=1S/C16H22ClN3O/c1-12(2)18-10-14-5-4-6-15(9-14)21-8-7-20-11-16(17)13(3)19-20/h4-6,9,11-12,18H,7-8,10H2,1-3H3. The lowest BCUT2D eigenvalue weighted by molar-refractivity contribution is 0.290. The highest BCUT2D eigenvalue weighted by molar-refractivity contribution is 6.31. The van der Waals surface area contributed by atoms with Crippen molar-refractivity contribution in [3.8, 4) is 5.75 Å². The molecule has 5 heteroatoms. The number of hydrogen-bond donors (Lipinski definition) is 1. The van der Waals surface area contributed by atoms with Crippen molar-refractivity contribution in [2.75, 3.05) is 6.61 Å². The summed E-state index contributed by atoms with van der Waals surface area (Å²) in [5.41, 5.74) is 2.07. The van der Waals surface area contributed by atoms with Crippen molar-refractivity contribution in [3.63, 3.8) is 0 Å². The molecule has 0 amide bonds. The van der Waals surface area contributed by atoms with Gasteiger partial charge in [0.1, 0.15) is 12.4 Å². The molecule has 0 unspecified atom stereocenters. The van der Waals surface area contributed by atoms with Crippen molar-refractivity contribution in [1.82, 2.24) is 15.1 Å². The van der Waals surface area contributed by atoms with E-state index in [1.807, 2.05) is 29.9 Å². The van der Waals surface area contributed by atoms with Gasteiger partial charge in [-0.25, -0.2) is 0 Å². The maximum absolute atomic E-state index is 5.98. The molecule has 0 spiro atoms. The molecule has 114 valence electrons. The normalized spacial score (nSPS) is 11.1. The zero-order valence-corrected chi connectivity index (χ0v) is 13.5. The summed E-state index contributed by atoms with van der Waals surface area (Å²) in [7, 11) is 0. The second-order valence-electron chi connectivity index (χ2n) is 5.36. The summed E-state index contributed by atoms with van der Waals surface area (Å²) in [5, 5.41) is 8.39. The van der Waals surface area contributed by atoms with Gasteiger partial charge in [-0.3, -0.25) is 4.68 Å². The number of aryl methyl sites for hydroxylation is 1. The lowest BCUT2D eigenvalue weighted by Gasteiger charge is -2.10. The van der Waals surface area contributed by atoms with E-state index in [1.54, 1.807) is 0 Å². The van der Waals surface area contributed by atoms with Gasteiger partial charge in [-0.05, 0) is 24.6 Å². The van der Waals surface area contributed by atoms with Crippen LogP contribution in [0, 0.1) is 6.92 Å². The first-order valence-corrected chi connectivity index (χ1v) is 7.57. The van der Waals surface area contributed by atoms with E-state index in [0.717, 1.165) is 18.0 Å². The summed E-state index contributed by atoms with van der Waals surface area (Å²) >= 11 is 5.98. The predicted octanol–water partition coefficient (Wildman–Crippen LogP) is 3.42. The zero-order chi connectivity index (χ0) is 15.2. The van der Waals surface area contributed by atoms with Gasteiger partial charge in [-0.2, -0.15) is 5.10 Å². The molecular weight excluding hydrogens is 286 g/mol. The fourth-order valence-electron chi connectivity index (χ4n) is 1.93. The van der Waals surface area contributed by atoms with E-state index in [4.69, 9.17) is 16.3 Å². The summed E-state index contributed by atoms with van der Waals surface area (Å²) in [5.74, 6) is 0.882. The Bertz CT molecular complexity index is 561. The van der Waals surface area contributed by atoms with E-state index in [9.17, 15) is 0 Å². The van der Waals surface area contributed by atoms with Gasteiger partial charge < -0.3 is 10.1 Å². The van der Waals surface area contributed by atoms with E-state index < -0.39 is 0 Å². The van der Waals surface area contributed by atoms with Crippen LogP contribution in [0.4, 0.5) is 0 Å². The largest absolute Gasteiger partial charge is 0.492 e. The number of halogens is 1. The fourth-order valence-corrected chi connectivity index (χ4v) is 2.08. The van der Waals surface area contributed by atoms with Crippen molar-refractivity contribution in [2.45, 2.75) is 39.9 Å². The van der Waals surface area contributed by atoms with Crippen molar-refractivity contribution in [1.29, 1.82) is 0 Å². The van der Waals surface area contributed by atoms with Crippen molar-refractivity contribution < 1.29 is 4.74 Å². The predicted molar refractivity (Wildman–Crippen MR) is 85.9 cm³/mol. The number of ether oxygens (including phenoxy) is 1. The van der Waals surface area contributed by atoms with Crippen LogP contribution in [0.5, 0.6) is 5.75 Å². The third kappa shape index (κ3) is 5.06. The SMILES string of the molecule is Cc1nn(CCOc2cccc(CNC(C)C)c2)cc1Cl. The van der Waals surface area contributed by atoms with Gasteiger partial charge in [0.05, 0.1) is 17.3 Å². The molecule has 2 rings (SSSR count). The topological polar surface area (TPSA) is 39.1 Å². The molecular formula is C16H22ClN3O. The number of benzene rings is 1. The number of nitrogens with one attached hydrogen (secondary N) is 1. The van der Waals surface area contributed by atoms with E-state index >= 15 is 0 Å². The van der Waals surface area contributed by atoms with E-state index in [-0.39, 0.29) is 0 Å². The Morgan fingerprint density at radius 2 is 2.19 bits per heavy atom. The Labute approximate surface area is 131 Å². The van der Waals surface area contributed by atoms with Crippen molar-refractivity contribution in [2.24, 2.45) is 0 Å². The molecule has 1 aromatic heterocycles. The summed E-state index contributed by atoms with van der Waals surface area (Å²) in [6, 6.07) is 8.62. The Morgan fingerprint density at radius 1 is 1.38 bits per heavy atom. The molecule has 1 heterocycles. The van der Waals surface area contributed by atoms with Crippen LogP contribution in [0.2, 0.25) is 5.02 Å². The molecule has 0 bridgehead atoms. The Balaban J connectivity index is 1.84. The van der Waals surface area contributed by atoms with Crippen molar-refractivity contribution >= 4 is 11.6 Å². The van der Waals surface area contributed by atoms with Gasteiger partial charge in [0, 0.05) is 18.8 Å². The van der Waals surface area contributed by atoms with Gasteiger partial charge >= 0.3 is 0 Å². The lowest BCUT2D eigenvalue weighted by atomic mass is 10.2. The third-order valence-electron chi connectivity index (χ3n) is 3.09. The molecule has 2 aromatic rings. The number of hydrogen-bond acceptors (Lipinski definition) is 3. The minimum absolute atomic E-state index is 0.474. The van der Waals surface area contributed by atoms with Crippen LogP contribution in [-0.2, 0) is 13.1 Å². The van der Waals surface area contributed by atoms with Crippen LogP contribution in [0.1, 0.15) is 25.1 Å². The van der Waals surface area contributed by atoms with E-state index in [2.05, 4.69) is 36.4 Å². The van der Waals surface area contributed by atoms with Crippen LogP contribution in [-0.4, -0.2) is 22.4 Å². The molecule has 0 aliphatic rings. The monoisotopic (exact) mass is 307 g/mol. The summed E-state index contributed by atoms with van der Waals surface area (Å²) < 4.78 is 7.58. The average molecular weight is 308 g/mol. The Hall–Kier alpha value is -1.52. The van der Waals surface area contributed by atoms with Crippen molar-refractivity contribution in [3.05, 3.63) is 46.7 Å². The number of nitrogens with zero attached hydrogens (tertiary/aromatic N) is 2. The molecule has 0 saturated heterocycles. The molecule has 0 aliphatic carbocycles. The summed E-state index contributed by atoms with van der Waals surface area (Å²) in [6.07, 6.45) is 1.82. The lowest BCUT2D eigenvalue weighted by Crippen LogP contribution is -2.21. The van der Waals surface area contributed by atoms with Crippen LogP contribution in [0.15, 0.2) is 30.5 Å². The minimum Gasteiger partial charge on any atom is -0.492 e. The molecule has 0 atom stereocenters. The number of aromatic nitrogens is 2. The minimum atomic E-state index is 0.474. The quantitative estimate of drug-likeness (QED) is 0.852. The second-order valence-corrected chi connectivity index (χ2v) is 5.76. The molecule has 0 saturated carbocycles. The Kier molecular flexibility index (Phi) is 5.65. The van der Waals surface area contributed by atoms with Gasteiger partial charge in [0.25, 0.3) is 0 Å². The van der Waals surface area contributed by atoms with Crippen LogP contribution in [0.3, 0.4) is 0 Å². The first kappa shape index (κ1) is 15.9. The molecule has 0 aliphatic heterocycles. The molecule has 0 radical (unpaired) electrons. The molecule has 21 heavy (non-hydrogen) atoms. The zero-order valence-electron chi connectivity index (χ0n) is 12.8. The van der Waals surface area contributed by atoms with Crippen LogP contribution >= 0.6 is 11.6 Å².